The van der Waals surface area contributed by atoms with Crippen LogP contribution < -0.4 is 26.6 Å². The monoisotopic (exact) mass is 390 g/mol. The molecule has 9 nitrogen and oxygen atoms in total. The second-order valence-corrected chi connectivity index (χ2v) is 6.68. The van der Waals surface area contributed by atoms with Gasteiger partial charge in [-0.15, -0.1) is 0 Å². The lowest BCUT2D eigenvalue weighted by atomic mass is 10.1. The number of nitrogen functional groups attached to an aromatic ring is 1. The van der Waals surface area contributed by atoms with Crippen molar-refractivity contribution >= 4 is 17.4 Å². The molecule has 28 heavy (non-hydrogen) atoms. The second-order valence-electron chi connectivity index (χ2n) is 6.68. The standard InChI is InChI=1S/C19H26N4O5/c1-12(2)11-23-16(20)15(17(24)21-19(23)26)22(9-10-27-3)18(25)13-5-7-14(28-4)8-6-13/h5-8,12H,9-11,20H2,1-4H3,(H,21,24,26). The number of amides is 1. The molecule has 1 aromatic carbocycles. The van der Waals surface area contributed by atoms with Crippen molar-refractivity contribution in [3.05, 3.63) is 50.7 Å². The Labute approximate surface area is 162 Å². The molecular formula is C19H26N4O5. The molecule has 0 saturated heterocycles. The number of aromatic amines is 1. The molecular weight excluding hydrogens is 364 g/mol. The van der Waals surface area contributed by atoms with Crippen LogP contribution in [0.5, 0.6) is 5.75 Å². The van der Waals surface area contributed by atoms with E-state index in [1.54, 1.807) is 24.3 Å². The number of hydrogen-bond donors (Lipinski definition) is 2. The van der Waals surface area contributed by atoms with Crippen LogP contribution in [0.1, 0.15) is 24.2 Å². The Morgan fingerprint density at radius 3 is 2.39 bits per heavy atom. The summed E-state index contributed by atoms with van der Waals surface area (Å²) < 4.78 is 11.5. The van der Waals surface area contributed by atoms with E-state index in [0.29, 0.717) is 17.9 Å². The quantitative estimate of drug-likeness (QED) is 0.696. The summed E-state index contributed by atoms with van der Waals surface area (Å²) in [6, 6.07) is 6.48. The van der Waals surface area contributed by atoms with Gasteiger partial charge in [0, 0.05) is 25.8 Å². The van der Waals surface area contributed by atoms with Crippen LogP contribution in [0.2, 0.25) is 0 Å². The summed E-state index contributed by atoms with van der Waals surface area (Å²) in [5.41, 5.74) is 5.10. The fourth-order valence-corrected chi connectivity index (χ4v) is 2.77. The average molecular weight is 390 g/mol. The highest BCUT2D eigenvalue weighted by atomic mass is 16.5. The molecule has 0 bridgehead atoms. The summed E-state index contributed by atoms with van der Waals surface area (Å²) in [7, 11) is 3.02. The van der Waals surface area contributed by atoms with Gasteiger partial charge in [0.1, 0.15) is 11.6 Å². The molecule has 1 heterocycles. The first kappa shape index (κ1) is 21.2. The van der Waals surface area contributed by atoms with Crippen molar-refractivity contribution in [2.75, 3.05) is 38.0 Å². The van der Waals surface area contributed by atoms with Gasteiger partial charge in [0.25, 0.3) is 11.5 Å². The number of carbonyl (C=O) groups excluding carboxylic acids is 1. The topological polar surface area (TPSA) is 120 Å². The second kappa shape index (κ2) is 9.23. The highest BCUT2D eigenvalue weighted by Crippen LogP contribution is 2.21. The van der Waals surface area contributed by atoms with Crippen molar-refractivity contribution in [2.45, 2.75) is 20.4 Å². The fourth-order valence-electron chi connectivity index (χ4n) is 2.77. The molecule has 2 aromatic rings. The van der Waals surface area contributed by atoms with E-state index in [2.05, 4.69) is 4.98 Å². The van der Waals surface area contributed by atoms with Crippen LogP contribution in [0, 0.1) is 5.92 Å². The molecule has 152 valence electrons. The van der Waals surface area contributed by atoms with E-state index < -0.39 is 17.2 Å². The van der Waals surface area contributed by atoms with E-state index in [1.807, 2.05) is 13.8 Å². The minimum atomic E-state index is -0.722. The lowest BCUT2D eigenvalue weighted by molar-refractivity contribution is 0.0975. The third kappa shape index (κ3) is 4.61. The van der Waals surface area contributed by atoms with Crippen molar-refractivity contribution in [1.29, 1.82) is 0 Å². The van der Waals surface area contributed by atoms with Gasteiger partial charge in [-0.25, -0.2) is 4.79 Å². The van der Waals surface area contributed by atoms with Crippen LogP contribution in [0.4, 0.5) is 11.5 Å². The van der Waals surface area contributed by atoms with Gasteiger partial charge in [0.15, 0.2) is 5.69 Å². The summed E-state index contributed by atoms with van der Waals surface area (Å²) in [5, 5.41) is 0. The number of benzene rings is 1. The Hall–Kier alpha value is -3.07. The van der Waals surface area contributed by atoms with Gasteiger partial charge in [-0.2, -0.15) is 0 Å². The molecule has 1 amide bonds. The zero-order chi connectivity index (χ0) is 20.8. The molecule has 0 atom stereocenters. The average Bonchev–Trinajstić information content (AvgIpc) is 2.67. The molecule has 9 heteroatoms. The van der Waals surface area contributed by atoms with Crippen LogP contribution in [-0.2, 0) is 11.3 Å². The number of rotatable bonds is 8. The molecule has 0 radical (unpaired) electrons. The summed E-state index contributed by atoms with van der Waals surface area (Å²) >= 11 is 0. The van der Waals surface area contributed by atoms with Crippen molar-refractivity contribution in [3.63, 3.8) is 0 Å². The Bertz CT molecular complexity index is 931. The molecule has 1 aromatic heterocycles. The summed E-state index contributed by atoms with van der Waals surface area (Å²) in [5.74, 6) is 0.221. The Morgan fingerprint density at radius 2 is 1.86 bits per heavy atom. The van der Waals surface area contributed by atoms with Gasteiger partial charge in [-0.05, 0) is 30.2 Å². The highest BCUT2D eigenvalue weighted by Gasteiger charge is 2.25. The normalized spacial score (nSPS) is 10.9. The maximum Gasteiger partial charge on any atom is 0.330 e. The molecule has 0 fully saturated rings. The first-order valence-electron chi connectivity index (χ1n) is 8.87. The van der Waals surface area contributed by atoms with Crippen molar-refractivity contribution in [3.8, 4) is 5.75 Å². The first-order valence-corrected chi connectivity index (χ1v) is 8.87. The number of carbonyl (C=O) groups is 1. The number of ether oxygens (including phenoxy) is 2. The van der Waals surface area contributed by atoms with Crippen LogP contribution in [0.15, 0.2) is 33.9 Å². The van der Waals surface area contributed by atoms with Gasteiger partial charge >= 0.3 is 5.69 Å². The van der Waals surface area contributed by atoms with Crippen LogP contribution in [0.3, 0.4) is 0 Å². The van der Waals surface area contributed by atoms with Crippen LogP contribution in [0.25, 0.3) is 0 Å². The SMILES string of the molecule is COCCN(C(=O)c1ccc(OC)cc1)c1c(N)n(CC(C)C)c(=O)[nH]c1=O. The number of nitrogens with zero attached hydrogens (tertiary/aromatic N) is 2. The van der Waals surface area contributed by atoms with E-state index in [9.17, 15) is 14.4 Å². The maximum atomic E-state index is 13.1. The first-order chi connectivity index (χ1) is 13.3. The zero-order valence-corrected chi connectivity index (χ0v) is 16.5. The predicted molar refractivity (Wildman–Crippen MR) is 107 cm³/mol. The molecule has 0 aliphatic rings. The van der Waals surface area contributed by atoms with Crippen LogP contribution in [-0.4, -0.2) is 42.8 Å². The Kier molecular flexibility index (Phi) is 7.00. The largest absolute Gasteiger partial charge is 0.497 e. The number of methoxy groups -OCH3 is 2. The van der Waals surface area contributed by atoms with E-state index in [1.165, 1.54) is 23.7 Å². The smallest absolute Gasteiger partial charge is 0.330 e. The molecule has 0 aliphatic heterocycles. The summed E-state index contributed by atoms with van der Waals surface area (Å²) in [4.78, 5) is 41.3. The Balaban J connectivity index is 2.57. The van der Waals surface area contributed by atoms with Gasteiger partial charge in [-0.3, -0.25) is 24.0 Å². The van der Waals surface area contributed by atoms with E-state index in [0.717, 1.165) is 0 Å². The molecule has 0 spiro atoms. The van der Waals surface area contributed by atoms with E-state index in [-0.39, 0.29) is 30.6 Å². The lowest BCUT2D eigenvalue weighted by Gasteiger charge is -2.24. The molecule has 0 aliphatic carbocycles. The zero-order valence-electron chi connectivity index (χ0n) is 16.5. The number of nitrogens with two attached hydrogens (primary N) is 1. The Morgan fingerprint density at radius 1 is 1.21 bits per heavy atom. The fraction of sp³-hybridized carbons (Fsp3) is 0.421. The van der Waals surface area contributed by atoms with E-state index >= 15 is 0 Å². The molecule has 0 unspecified atom stereocenters. The van der Waals surface area contributed by atoms with Gasteiger partial charge in [0.05, 0.1) is 13.7 Å². The van der Waals surface area contributed by atoms with Gasteiger partial charge < -0.3 is 15.2 Å². The molecule has 3 N–H and O–H groups in total. The maximum absolute atomic E-state index is 13.1. The summed E-state index contributed by atoms with van der Waals surface area (Å²) in [6.07, 6.45) is 0. The van der Waals surface area contributed by atoms with Gasteiger partial charge in [0.2, 0.25) is 0 Å². The third-order valence-electron chi connectivity index (χ3n) is 4.13. The predicted octanol–water partition coefficient (Wildman–Crippen LogP) is 1.08. The third-order valence-corrected chi connectivity index (χ3v) is 4.13. The number of nitrogens with one attached hydrogen (secondary N) is 1. The highest BCUT2D eigenvalue weighted by molar-refractivity contribution is 6.07. The van der Waals surface area contributed by atoms with Crippen molar-refractivity contribution in [1.82, 2.24) is 9.55 Å². The number of anilines is 2. The summed E-state index contributed by atoms with van der Waals surface area (Å²) in [6.45, 7) is 4.42. The van der Waals surface area contributed by atoms with E-state index in [4.69, 9.17) is 15.2 Å². The van der Waals surface area contributed by atoms with Gasteiger partial charge in [-0.1, -0.05) is 13.8 Å². The molecule has 0 saturated carbocycles. The lowest BCUT2D eigenvalue weighted by Crippen LogP contribution is -2.42. The minimum absolute atomic E-state index is 0.0552. The number of H-pyrrole nitrogens is 1. The van der Waals surface area contributed by atoms with Crippen LogP contribution >= 0.6 is 0 Å². The number of hydrogen-bond acceptors (Lipinski definition) is 6. The van der Waals surface area contributed by atoms with Crippen molar-refractivity contribution < 1.29 is 14.3 Å². The van der Waals surface area contributed by atoms with Crippen molar-refractivity contribution in [2.24, 2.45) is 5.92 Å². The minimum Gasteiger partial charge on any atom is -0.497 e. The molecule has 2 rings (SSSR count). The number of aromatic nitrogens is 2.